The molecule has 5 heteroatoms. The Morgan fingerprint density at radius 2 is 0.897 bits per heavy atom. The van der Waals surface area contributed by atoms with Crippen LogP contribution in [0.15, 0.2) is 12.4 Å². The van der Waals surface area contributed by atoms with Gasteiger partial charge in [0.25, 0.3) is 0 Å². The molecule has 0 fully saturated rings. The predicted molar refractivity (Wildman–Crippen MR) is 172 cm³/mol. The minimum atomic E-state index is -0.130. The maximum absolute atomic E-state index is 12.2. The van der Waals surface area contributed by atoms with Crippen LogP contribution in [-0.4, -0.2) is 18.2 Å². The van der Waals surface area contributed by atoms with Gasteiger partial charge in [-0.3, -0.25) is 4.79 Å². The first-order chi connectivity index (χ1) is 18.7. The summed E-state index contributed by atoms with van der Waals surface area (Å²) < 4.78 is 5.59. The highest BCUT2D eigenvalue weighted by atomic mass is 35.5. The molecule has 0 aromatic heterocycles. The summed E-state index contributed by atoms with van der Waals surface area (Å²) >= 11 is 0. The van der Waals surface area contributed by atoms with Crippen molar-refractivity contribution in [3.63, 3.8) is 0 Å². The molecule has 0 bridgehead atoms. The molecule has 0 spiro atoms. The van der Waals surface area contributed by atoms with E-state index < -0.39 is 0 Å². The molecule has 0 atom stereocenters. The number of ether oxygens (including phenoxy) is 1. The highest BCUT2D eigenvalue weighted by molar-refractivity contribution is 5.85. The van der Waals surface area contributed by atoms with Gasteiger partial charge in [-0.05, 0) is 19.3 Å². The van der Waals surface area contributed by atoms with Gasteiger partial charge in [0.15, 0.2) is 0 Å². The minimum Gasteiger partial charge on any atom is -0.466 e. The van der Waals surface area contributed by atoms with Crippen molar-refractivity contribution >= 4 is 18.4 Å². The Labute approximate surface area is 250 Å². The molecule has 0 saturated heterocycles. The molecule has 232 valence electrons. The number of rotatable bonds is 29. The summed E-state index contributed by atoms with van der Waals surface area (Å²) in [6.45, 7) is 5.06. The number of hydrogen-bond acceptors (Lipinski definition) is 4. The van der Waals surface area contributed by atoms with Crippen LogP contribution in [-0.2, 0) is 9.53 Å². The Balaban J connectivity index is 0.0000144. The number of nitrogens with one attached hydrogen (secondary N) is 2. The van der Waals surface area contributed by atoms with Crippen LogP contribution < -0.4 is 10.6 Å². The summed E-state index contributed by atoms with van der Waals surface area (Å²) in [6.07, 6.45) is 38.7. The molecule has 0 aromatic rings. The van der Waals surface area contributed by atoms with E-state index in [1.807, 2.05) is 12.4 Å². The van der Waals surface area contributed by atoms with Gasteiger partial charge in [0.1, 0.15) is 5.66 Å². The maximum atomic E-state index is 12.2. The lowest BCUT2D eigenvalue weighted by molar-refractivity contribution is -0.144. The van der Waals surface area contributed by atoms with Gasteiger partial charge in [-0.15, -0.1) is 12.4 Å². The van der Waals surface area contributed by atoms with E-state index in [1.54, 1.807) is 0 Å². The molecule has 0 saturated carbocycles. The molecule has 2 N–H and O–H groups in total. The number of esters is 1. The fourth-order valence-electron chi connectivity index (χ4n) is 5.65. The maximum Gasteiger partial charge on any atom is 0.305 e. The van der Waals surface area contributed by atoms with Gasteiger partial charge in [-0.1, -0.05) is 155 Å². The summed E-state index contributed by atoms with van der Waals surface area (Å²) in [5, 5.41) is 6.99. The molecule has 0 aromatic carbocycles. The summed E-state index contributed by atoms with van der Waals surface area (Å²) in [5.41, 5.74) is -0.130. The molecule has 0 amide bonds. The number of carbonyl (C=O) groups excluding carboxylic acids is 1. The Kier molecular flexibility index (Phi) is 28.0. The van der Waals surface area contributed by atoms with Crippen molar-refractivity contribution in [1.82, 2.24) is 10.6 Å². The minimum absolute atomic E-state index is 0. The third-order valence-electron chi connectivity index (χ3n) is 8.29. The Bertz CT molecular complexity index is 547. The van der Waals surface area contributed by atoms with Crippen LogP contribution in [0, 0.1) is 0 Å². The van der Waals surface area contributed by atoms with Gasteiger partial charge in [0.2, 0.25) is 0 Å². The van der Waals surface area contributed by atoms with E-state index >= 15 is 0 Å². The molecule has 1 heterocycles. The lowest BCUT2D eigenvalue weighted by Gasteiger charge is -2.31. The van der Waals surface area contributed by atoms with Crippen molar-refractivity contribution in [2.75, 3.05) is 6.61 Å². The third kappa shape index (κ3) is 23.5. The first kappa shape index (κ1) is 38.1. The summed E-state index contributed by atoms with van der Waals surface area (Å²) in [7, 11) is 0. The van der Waals surface area contributed by atoms with Crippen LogP contribution in [0.4, 0.5) is 0 Å². The van der Waals surface area contributed by atoms with E-state index in [9.17, 15) is 4.79 Å². The Morgan fingerprint density at radius 3 is 1.31 bits per heavy atom. The molecule has 1 rings (SSSR count). The standard InChI is InChI=1S/C34H66N2O2.ClH/c1-3-5-7-9-11-13-15-16-18-20-22-24-26-28-34(35-30-31-36-34)29-32-38-33(37)27-25-23-21-19-17-14-12-10-8-6-4-2;/h30-31,35-36H,3-29,32H2,1-2H3;1H. The third-order valence-corrected chi connectivity index (χ3v) is 8.29. The van der Waals surface area contributed by atoms with Crippen LogP contribution in [0.5, 0.6) is 0 Å². The van der Waals surface area contributed by atoms with Crippen molar-refractivity contribution in [2.45, 2.75) is 193 Å². The molecular formula is C34H67ClN2O2. The summed E-state index contributed by atoms with van der Waals surface area (Å²) in [6, 6.07) is 0. The van der Waals surface area contributed by atoms with Crippen molar-refractivity contribution < 1.29 is 9.53 Å². The fourth-order valence-corrected chi connectivity index (χ4v) is 5.65. The first-order valence-corrected chi connectivity index (χ1v) is 17.1. The number of carbonyl (C=O) groups is 1. The zero-order valence-electron chi connectivity index (χ0n) is 26.2. The van der Waals surface area contributed by atoms with E-state index in [2.05, 4.69) is 24.5 Å². The molecule has 1 aliphatic heterocycles. The van der Waals surface area contributed by atoms with E-state index in [1.165, 1.54) is 141 Å². The fraction of sp³-hybridized carbons (Fsp3) is 0.912. The molecule has 0 unspecified atom stereocenters. The molecule has 0 aliphatic carbocycles. The van der Waals surface area contributed by atoms with Crippen LogP contribution in [0.2, 0.25) is 0 Å². The lowest BCUT2D eigenvalue weighted by atomic mass is 9.97. The van der Waals surface area contributed by atoms with Crippen LogP contribution in [0.25, 0.3) is 0 Å². The van der Waals surface area contributed by atoms with Gasteiger partial charge in [-0.2, -0.15) is 0 Å². The van der Waals surface area contributed by atoms with Gasteiger partial charge in [0, 0.05) is 25.2 Å². The number of halogens is 1. The van der Waals surface area contributed by atoms with Gasteiger partial charge < -0.3 is 15.4 Å². The quantitative estimate of drug-likeness (QED) is 0.0693. The average Bonchev–Trinajstić information content (AvgIpc) is 3.38. The largest absolute Gasteiger partial charge is 0.466 e. The van der Waals surface area contributed by atoms with Crippen molar-refractivity contribution in [1.29, 1.82) is 0 Å². The SMILES string of the molecule is CCCCCCCCCCCCCCCC1(CCOC(=O)CCCCCCCCCCCCC)NC=CN1.Cl. The average molecular weight is 571 g/mol. The van der Waals surface area contributed by atoms with Crippen LogP contribution in [0.3, 0.4) is 0 Å². The smallest absolute Gasteiger partial charge is 0.305 e. The zero-order chi connectivity index (χ0) is 27.4. The van der Waals surface area contributed by atoms with Crippen molar-refractivity contribution in [3.8, 4) is 0 Å². The predicted octanol–water partition coefficient (Wildman–Crippen LogP) is 10.9. The number of hydrogen-bond donors (Lipinski definition) is 2. The van der Waals surface area contributed by atoms with Crippen LogP contribution in [0.1, 0.15) is 187 Å². The monoisotopic (exact) mass is 570 g/mol. The van der Waals surface area contributed by atoms with Gasteiger partial charge in [0.05, 0.1) is 6.61 Å². The summed E-state index contributed by atoms with van der Waals surface area (Å²) in [5.74, 6) is -0.0250. The summed E-state index contributed by atoms with van der Waals surface area (Å²) in [4.78, 5) is 12.2. The molecule has 1 aliphatic rings. The van der Waals surface area contributed by atoms with E-state index in [4.69, 9.17) is 4.74 Å². The van der Waals surface area contributed by atoms with E-state index in [0.29, 0.717) is 13.0 Å². The second-order valence-corrected chi connectivity index (χ2v) is 12.0. The molecule has 4 nitrogen and oxygen atoms in total. The van der Waals surface area contributed by atoms with Gasteiger partial charge >= 0.3 is 5.97 Å². The van der Waals surface area contributed by atoms with E-state index in [0.717, 1.165) is 25.7 Å². The molecule has 0 radical (unpaired) electrons. The second-order valence-electron chi connectivity index (χ2n) is 12.0. The Hall–Kier alpha value is -0.900. The highest BCUT2D eigenvalue weighted by Gasteiger charge is 2.29. The molecular weight excluding hydrogens is 504 g/mol. The zero-order valence-corrected chi connectivity index (χ0v) is 27.0. The number of unbranched alkanes of at least 4 members (excludes halogenated alkanes) is 22. The van der Waals surface area contributed by atoms with Crippen molar-refractivity contribution in [3.05, 3.63) is 12.4 Å². The lowest BCUT2D eigenvalue weighted by Crippen LogP contribution is -2.49. The Morgan fingerprint density at radius 1 is 0.538 bits per heavy atom. The van der Waals surface area contributed by atoms with E-state index in [-0.39, 0.29) is 24.0 Å². The van der Waals surface area contributed by atoms with Crippen molar-refractivity contribution in [2.24, 2.45) is 0 Å². The normalized spacial score (nSPS) is 13.6. The van der Waals surface area contributed by atoms with Crippen LogP contribution >= 0.6 is 12.4 Å². The topological polar surface area (TPSA) is 50.4 Å². The molecule has 39 heavy (non-hydrogen) atoms. The second kappa shape index (κ2) is 28.6. The first-order valence-electron chi connectivity index (χ1n) is 17.1. The van der Waals surface area contributed by atoms with Gasteiger partial charge in [-0.25, -0.2) is 0 Å². The highest BCUT2D eigenvalue weighted by Crippen LogP contribution is 2.21.